The number of carbonyl (C=O) groups is 2. The van der Waals surface area contributed by atoms with Crippen LogP contribution >= 0.6 is 0 Å². The molecule has 2 aliphatic heterocycles. The fourth-order valence-electron chi connectivity index (χ4n) is 3.10. The molecule has 0 bridgehead atoms. The number of likely N-dealkylation sites (N-methyl/N-ethyl adjacent to an activating group) is 1. The second kappa shape index (κ2) is 11.5. The lowest BCUT2D eigenvalue weighted by molar-refractivity contribution is -0.158. The Kier molecular flexibility index (Phi) is 9.31. The topological polar surface area (TPSA) is 74.4 Å². The SMILES string of the molecule is CC(COC(=O)CCN1CCN(C)CC1)OC(=O)CCN1CCNCC1. The molecule has 0 aliphatic carbocycles. The van der Waals surface area contributed by atoms with Crippen LogP contribution in [-0.4, -0.2) is 112 Å². The van der Waals surface area contributed by atoms with E-state index in [1.807, 2.05) is 0 Å². The number of ether oxygens (including phenoxy) is 2. The first-order valence-corrected chi connectivity index (χ1v) is 9.72. The summed E-state index contributed by atoms with van der Waals surface area (Å²) in [7, 11) is 2.11. The van der Waals surface area contributed by atoms with Gasteiger partial charge < -0.3 is 29.5 Å². The molecule has 0 spiro atoms. The van der Waals surface area contributed by atoms with Crippen LogP contribution in [0.2, 0.25) is 0 Å². The van der Waals surface area contributed by atoms with Gasteiger partial charge in [0, 0.05) is 65.4 Å². The third-order valence-corrected chi connectivity index (χ3v) is 4.88. The highest BCUT2D eigenvalue weighted by molar-refractivity contribution is 5.70. The van der Waals surface area contributed by atoms with Gasteiger partial charge in [-0.05, 0) is 14.0 Å². The molecule has 1 atom stereocenters. The van der Waals surface area contributed by atoms with Crippen LogP contribution < -0.4 is 5.32 Å². The van der Waals surface area contributed by atoms with E-state index < -0.39 is 6.10 Å². The average Bonchev–Trinajstić information content (AvgIpc) is 2.65. The zero-order valence-electron chi connectivity index (χ0n) is 16.2. The number of hydrogen-bond acceptors (Lipinski definition) is 8. The van der Waals surface area contributed by atoms with Gasteiger partial charge in [-0.2, -0.15) is 0 Å². The minimum atomic E-state index is -0.405. The third-order valence-electron chi connectivity index (χ3n) is 4.88. The molecule has 2 fully saturated rings. The van der Waals surface area contributed by atoms with Gasteiger partial charge in [-0.3, -0.25) is 9.59 Å². The quantitative estimate of drug-likeness (QED) is 0.539. The lowest BCUT2D eigenvalue weighted by Gasteiger charge is -2.32. The second-order valence-electron chi connectivity index (χ2n) is 7.22. The van der Waals surface area contributed by atoms with Crippen molar-refractivity contribution in [2.45, 2.75) is 25.9 Å². The summed E-state index contributed by atoms with van der Waals surface area (Å²) in [5.41, 5.74) is 0. The summed E-state index contributed by atoms with van der Waals surface area (Å²) in [5.74, 6) is -0.461. The van der Waals surface area contributed by atoms with Crippen LogP contribution in [0.3, 0.4) is 0 Å². The molecular weight excluding hydrogens is 336 g/mol. The number of esters is 2. The maximum Gasteiger partial charge on any atom is 0.307 e. The Morgan fingerprint density at radius 2 is 1.50 bits per heavy atom. The highest BCUT2D eigenvalue weighted by Crippen LogP contribution is 2.03. The van der Waals surface area contributed by atoms with Crippen LogP contribution in [0.4, 0.5) is 0 Å². The molecule has 0 aromatic carbocycles. The molecule has 0 saturated carbocycles. The minimum Gasteiger partial charge on any atom is -0.462 e. The molecule has 1 N–H and O–H groups in total. The molecule has 8 heteroatoms. The van der Waals surface area contributed by atoms with Crippen molar-refractivity contribution < 1.29 is 19.1 Å². The second-order valence-corrected chi connectivity index (χ2v) is 7.22. The molecule has 0 aromatic rings. The fraction of sp³-hybridized carbons (Fsp3) is 0.889. The van der Waals surface area contributed by atoms with Crippen molar-refractivity contribution in [3.8, 4) is 0 Å². The molecule has 0 radical (unpaired) electrons. The molecule has 150 valence electrons. The van der Waals surface area contributed by atoms with E-state index in [-0.39, 0.29) is 18.5 Å². The van der Waals surface area contributed by atoms with E-state index in [4.69, 9.17) is 9.47 Å². The Bertz CT molecular complexity index is 435. The van der Waals surface area contributed by atoms with Gasteiger partial charge in [-0.15, -0.1) is 0 Å². The van der Waals surface area contributed by atoms with E-state index in [0.29, 0.717) is 12.8 Å². The number of rotatable bonds is 9. The lowest BCUT2D eigenvalue weighted by atomic mass is 10.3. The first kappa shape index (κ1) is 21.1. The minimum absolute atomic E-state index is 0.126. The fourth-order valence-corrected chi connectivity index (χ4v) is 3.10. The van der Waals surface area contributed by atoms with Crippen molar-refractivity contribution in [2.24, 2.45) is 0 Å². The number of nitrogens with one attached hydrogen (secondary N) is 1. The van der Waals surface area contributed by atoms with Gasteiger partial charge in [0.05, 0.1) is 12.8 Å². The Morgan fingerprint density at radius 3 is 2.15 bits per heavy atom. The monoisotopic (exact) mass is 370 g/mol. The molecule has 2 heterocycles. The first-order valence-electron chi connectivity index (χ1n) is 9.72. The van der Waals surface area contributed by atoms with E-state index in [1.54, 1.807) is 6.92 Å². The van der Waals surface area contributed by atoms with E-state index in [9.17, 15) is 9.59 Å². The van der Waals surface area contributed by atoms with Crippen molar-refractivity contribution in [2.75, 3.05) is 79.1 Å². The van der Waals surface area contributed by atoms with Gasteiger partial charge in [-0.1, -0.05) is 0 Å². The molecular formula is C18H34N4O4. The Labute approximate surface area is 156 Å². The summed E-state index contributed by atoms with van der Waals surface area (Å²) >= 11 is 0. The van der Waals surface area contributed by atoms with Crippen LogP contribution in [0, 0.1) is 0 Å². The highest BCUT2D eigenvalue weighted by Gasteiger charge is 2.17. The molecule has 1 unspecified atom stereocenters. The molecule has 2 aliphatic rings. The summed E-state index contributed by atoms with van der Waals surface area (Å²) in [5, 5.41) is 3.28. The smallest absolute Gasteiger partial charge is 0.307 e. The molecule has 8 nitrogen and oxygen atoms in total. The number of nitrogens with zero attached hydrogens (tertiary/aromatic N) is 3. The third kappa shape index (κ3) is 8.44. The summed E-state index contributed by atoms with van der Waals surface area (Å²) in [4.78, 5) is 30.6. The zero-order valence-corrected chi connectivity index (χ0v) is 16.2. The molecule has 0 amide bonds. The van der Waals surface area contributed by atoms with Gasteiger partial charge in [0.15, 0.2) is 0 Å². The van der Waals surface area contributed by atoms with Crippen molar-refractivity contribution in [1.82, 2.24) is 20.0 Å². The number of piperazine rings is 2. The molecule has 2 rings (SSSR count). The maximum atomic E-state index is 11.9. The van der Waals surface area contributed by atoms with Gasteiger partial charge in [0.2, 0.25) is 0 Å². The van der Waals surface area contributed by atoms with Crippen LogP contribution in [0.1, 0.15) is 19.8 Å². The standard InChI is InChI=1S/C18H34N4O4/c1-16(26-18(24)4-8-21-9-5-19-6-10-21)15-25-17(23)3-7-22-13-11-20(2)12-14-22/h16,19H,3-15H2,1-2H3. The van der Waals surface area contributed by atoms with Crippen LogP contribution in [0.25, 0.3) is 0 Å². The van der Waals surface area contributed by atoms with Crippen LogP contribution in [0.5, 0.6) is 0 Å². The molecule has 26 heavy (non-hydrogen) atoms. The predicted octanol–water partition coefficient (Wildman–Crippen LogP) is -0.606. The average molecular weight is 370 g/mol. The highest BCUT2D eigenvalue weighted by atomic mass is 16.6. The molecule has 0 aromatic heterocycles. The van der Waals surface area contributed by atoms with E-state index in [2.05, 4.69) is 27.1 Å². The first-order chi connectivity index (χ1) is 12.5. The van der Waals surface area contributed by atoms with Crippen LogP contribution in [-0.2, 0) is 19.1 Å². The van der Waals surface area contributed by atoms with Crippen molar-refractivity contribution in [3.63, 3.8) is 0 Å². The normalized spacial score (nSPS) is 21.3. The summed E-state index contributed by atoms with van der Waals surface area (Å²) < 4.78 is 10.6. The zero-order chi connectivity index (χ0) is 18.8. The largest absolute Gasteiger partial charge is 0.462 e. The van der Waals surface area contributed by atoms with Crippen LogP contribution in [0.15, 0.2) is 0 Å². The summed E-state index contributed by atoms with van der Waals surface area (Å²) in [6.45, 7) is 11.3. The van der Waals surface area contributed by atoms with E-state index in [1.165, 1.54) is 0 Å². The van der Waals surface area contributed by atoms with Gasteiger partial charge in [0.25, 0.3) is 0 Å². The van der Waals surface area contributed by atoms with Gasteiger partial charge in [-0.25, -0.2) is 0 Å². The van der Waals surface area contributed by atoms with Crippen molar-refractivity contribution in [1.29, 1.82) is 0 Å². The van der Waals surface area contributed by atoms with E-state index in [0.717, 1.165) is 65.4 Å². The Hall–Kier alpha value is -1.22. The van der Waals surface area contributed by atoms with Crippen molar-refractivity contribution >= 4 is 11.9 Å². The van der Waals surface area contributed by atoms with E-state index >= 15 is 0 Å². The van der Waals surface area contributed by atoms with Gasteiger partial charge in [0.1, 0.15) is 12.7 Å². The summed E-state index contributed by atoms with van der Waals surface area (Å²) in [6.07, 6.45) is 0.354. The summed E-state index contributed by atoms with van der Waals surface area (Å²) in [6, 6.07) is 0. The van der Waals surface area contributed by atoms with Crippen molar-refractivity contribution in [3.05, 3.63) is 0 Å². The van der Waals surface area contributed by atoms with Gasteiger partial charge >= 0.3 is 11.9 Å². The maximum absolute atomic E-state index is 11.9. The number of hydrogen-bond donors (Lipinski definition) is 1. The Balaban J connectivity index is 1.50. The Morgan fingerprint density at radius 1 is 0.923 bits per heavy atom. The number of carbonyl (C=O) groups excluding carboxylic acids is 2. The lowest BCUT2D eigenvalue weighted by Crippen LogP contribution is -2.45. The predicted molar refractivity (Wildman–Crippen MR) is 99.0 cm³/mol. The molecule has 2 saturated heterocycles.